The first kappa shape index (κ1) is 12.9. The highest BCUT2D eigenvalue weighted by atomic mass is 19.1. The van der Waals surface area contributed by atoms with Gasteiger partial charge in [0.05, 0.1) is 6.10 Å². The van der Waals surface area contributed by atoms with E-state index in [1.807, 2.05) is 0 Å². The average Bonchev–Trinajstić information content (AvgIpc) is 2.54. The molecule has 1 aliphatic heterocycles. The van der Waals surface area contributed by atoms with Gasteiger partial charge in [-0.25, -0.2) is 4.39 Å². The van der Waals surface area contributed by atoms with Crippen LogP contribution >= 0.6 is 0 Å². The fraction of sp³-hybridized carbons (Fsp3) is 0.625. The molecule has 1 saturated carbocycles. The van der Waals surface area contributed by atoms with Crippen LogP contribution in [0.3, 0.4) is 0 Å². The summed E-state index contributed by atoms with van der Waals surface area (Å²) < 4.78 is 19.4. The molecule has 1 heterocycles. The van der Waals surface area contributed by atoms with Crippen LogP contribution in [-0.2, 0) is 0 Å². The van der Waals surface area contributed by atoms with Gasteiger partial charge in [0, 0.05) is 12.0 Å². The number of fused-ring (bicyclic) bond motifs is 1. The Labute approximate surface area is 113 Å². The first-order chi connectivity index (χ1) is 9.08. The lowest BCUT2D eigenvalue weighted by Gasteiger charge is -2.40. The Morgan fingerprint density at radius 3 is 3.00 bits per heavy atom. The van der Waals surface area contributed by atoms with E-state index in [1.54, 1.807) is 6.07 Å². The molecule has 0 bridgehead atoms. The molecule has 3 heteroatoms. The van der Waals surface area contributed by atoms with Crippen molar-refractivity contribution in [2.45, 2.75) is 57.2 Å². The van der Waals surface area contributed by atoms with Crippen molar-refractivity contribution in [3.63, 3.8) is 0 Å². The van der Waals surface area contributed by atoms with Gasteiger partial charge in [-0.2, -0.15) is 0 Å². The standard InChI is InChI=1S/C16H21FO2/c1-11-3-2-7-16(8-6-11)10-14(18)13-9-12(17)4-5-15(13)19-16/h4-5,9,11,14,18H,2-3,6-8,10H2,1H3. The maximum atomic E-state index is 13.3. The molecule has 1 fully saturated rings. The van der Waals surface area contributed by atoms with Gasteiger partial charge in [0.15, 0.2) is 0 Å². The highest BCUT2D eigenvalue weighted by molar-refractivity contribution is 5.38. The van der Waals surface area contributed by atoms with E-state index < -0.39 is 6.10 Å². The van der Waals surface area contributed by atoms with Gasteiger partial charge in [-0.3, -0.25) is 0 Å². The summed E-state index contributed by atoms with van der Waals surface area (Å²) in [5.74, 6) is 1.08. The smallest absolute Gasteiger partial charge is 0.126 e. The van der Waals surface area contributed by atoms with Crippen molar-refractivity contribution in [3.05, 3.63) is 29.6 Å². The molecule has 19 heavy (non-hydrogen) atoms. The summed E-state index contributed by atoms with van der Waals surface area (Å²) >= 11 is 0. The normalized spacial score (nSPS) is 34.5. The van der Waals surface area contributed by atoms with Gasteiger partial charge >= 0.3 is 0 Å². The molecule has 0 saturated heterocycles. The molecule has 1 aliphatic carbocycles. The molecule has 1 aromatic rings. The molecule has 1 N–H and O–H groups in total. The van der Waals surface area contributed by atoms with Crippen LogP contribution < -0.4 is 4.74 Å². The number of halogens is 1. The molecule has 104 valence electrons. The second kappa shape index (κ2) is 4.78. The largest absolute Gasteiger partial charge is 0.487 e. The van der Waals surface area contributed by atoms with Crippen molar-refractivity contribution in [2.24, 2.45) is 5.92 Å². The minimum Gasteiger partial charge on any atom is -0.487 e. The second-order valence-corrected chi connectivity index (χ2v) is 6.22. The summed E-state index contributed by atoms with van der Waals surface area (Å²) in [7, 11) is 0. The van der Waals surface area contributed by atoms with E-state index in [0.717, 1.165) is 31.6 Å². The fourth-order valence-electron chi connectivity index (χ4n) is 3.47. The highest BCUT2D eigenvalue weighted by Crippen LogP contribution is 2.46. The summed E-state index contributed by atoms with van der Waals surface area (Å²) in [6, 6.07) is 4.46. The third-order valence-electron chi connectivity index (χ3n) is 4.64. The lowest BCUT2D eigenvalue weighted by Crippen LogP contribution is -2.40. The third kappa shape index (κ3) is 2.48. The summed E-state index contributed by atoms with van der Waals surface area (Å²) in [6.07, 6.45) is 5.49. The molecule has 1 spiro atoms. The van der Waals surface area contributed by atoms with Gasteiger partial charge in [-0.15, -0.1) is 0 Å². The molecular weight excluding hydrogens is 243 g/mol. The van der Waals surface area contributed by atoms with Gasteiger partial charge in [0.1, 0.15) is 17.2 Å². The van der Waals surface area contributed by atoms with E-state index in [2.05, 4.69) is 6.92 Å². The number of aliphatic hydroxyl groups is 1. The Kier molecular flexibility index (Phi) is 3.25. The van der Waals surface area contributed by atoms with Gasteiger partial charge in [-0.05, 0) is 49.8 Å². The predicted molar refractivity (Wildman–Crippen MR) is 71.6 cm³/mol. The SMILES string of the molecule is CC1CCCC2(CC1)CC(O)c1cc(F)ccc1O2. The Morgan fingerprint density at radius 2 is 2.16 bits per heavy atom. The molecular formula is C16H21FO2. The number of hydrogen-bond acceptors (Lipinski definition) is 2. The number of aliphatic hydroxyl groups excluding tert-OH is 1. The van der Waals surface area contributed by atoms with E-state index in [4.69, 9.17) is 4.74 Å². The Hall–Kier alpha value is -1.09. The molecule has 3 atom stereocenters. The Morgan fingerprint density at radius 1 is 1.32 bits per heavy atom. The monoisotopic (exact) mass is 264 g/mol. The zero-order valence-corrected chi connectivity index (χ0v) is 11.4. The molecule has 2 aliphatic rings. The quantitative estimate of drug-likeness (QED) is 0.768. The lowest BCUT2D eigenvalue weighted by molar-refractivity contribution is -0.0252. The van der Waals surface area contributed by atoms with Crippen LogP contribution in [-0.4, -0.2) is 10.7 Å². The van der Waals surface area contributed by atoms with Crippen molar-refractivity contribution in [1.29, 1.82) is 0 Å². The van der Waals surface area contributed by atoms with Crippen molar-refractivity contribution in [1.82, 2.24) is 0 Å². The summed E-state index contributed by atoms with van der Waals surface area (Å²) in [5, 5.41) is 10.3. The molecule has 0 radical (unpaired) electrons. The van der Waals surface area contributed by atoms with Crippen molar-refractivity contribution in [2.75, 3.05) is 0 Å². The van der Waals surface area contributed by atoms with Crippen molar-refractivity contribution < 1.29 is 14.2 Å². The average molecular weight is 264 g/mol. The molecule has 3 rings (SSSR count). The van der Waals surface area contributed by atoms with Crippen LogP contribution in [0.4, 0.5) is 4.39 Å². The molecule has 0 amide bonds. The van der Waals surface area contributed by atoms with Crippen LogP contribution in [0.2, 0.25) is 0 Å². The maximum absolute atomic E-state index is 13.3. The van der Waals surface area contributed by atoms with E-state index in [9.17, 15) is 9.50 Å². The molecule has 3 unspecified atom stereocenters. The highest BCUT2D eigenvalue weighted by Gasteiger charge is 2.41. The minimum absolute atomic E-state index is 0.241. The first-order valence-corrected chi connectivity index (χ1v) is 7.24. The van der Waals surface area contributed by atoms with E-state index >= 15 is 0 Å². The van der Waals surface area contributed by atoms with Crippen LogP contribution in [0, 0.1) is 11.7 Å². The second-order valence-electron chi connectivity index (χ2n) is 6.22. The van der Waals surface area contributed by atoms with E-state index in [-0.39, 0.29) is 11.4 Å². The lowest BCUT2D eigenvalue weighted by atomic mass is 9.83. The summed E-state index contributed by atoms with van der Waals surface area (Å²) in [6.45, 7) is 2.28. The van der Waals surface area contributed by atoms with Crippen LogP contribution in [0.25, 0.3) is 0 Å². The van der Waals surface area contributed by atoms with Gasteiger partial charge < -0.3 is 9.84 Å². The zero-order chi connectivity index (χ0) is 13.5. The molecule has 0 aromatic heterocycles. The van der Waals surface area contributed by atoms with Crippen LogP contribution in [0.15, 0.2) is 18.2 Å². The zero-order valence-electron chi connectivity index (χ0n) is 11.4. The predicted octanol–water partition coefficient (Wildman–Crippen LogP) is 3.98. The van der Waals surface area contributed by atoms with Crippen molar-refractivity contribution >= 4 is 0 Å². The Bertz CT molecular complexity index is 474. The number of benzene rings is 1. The van der Waals surface area contributed by atoms with Gasteiger partial charge in [-0.1, -0.05) is 13.3 Å². The molecule has 1 aromatic carbocycles. The van der Waals surface area contributed by atoms with Crippen LogP contribution in [0.5, 0.6) is 5.75 Å². The first-order valence-electron chi connectivity index (χ1n) is 7.24. The van der Waals surface area contributed by atoms with E-state index in [0.29, 0.717) is 17.7 Å². The summed E-state index contributed by atoms with van der Waals surface area (Å²) in [4.78, 5) is 0. The van der Waals surface area contributed by atoms with Gasteiger partial charge in [0.25, 0.3) is 0 Å². The summed E-state index contributed by atoms with van der Waals surface area (Å²) in [5.41, 5.74) is 0.359. The number of ether oxygens (including phenoxy) is 1. The Balaban J connectivity index is 1.89. The molecule has 2 nitrogen and oxygen atoms in total. The third-order valence-corrected chi connectivity index (χ3v) is 4.64. The maximum Gasteiger partial charge on any atom is 0.126 e. The fourth-order valence-corrected chi connectivity index (χ4v) is 3.47. The van der Waals surface area contributed by atoms with Crippen LogP contribution in [0.1, 0.15) is 57.1 Å². The number of rotatable bonds is 0. The minimum atomic E-state index is -0.604. The van der Waals surface area contributed by atoms with E-state index in [1.165, 1.54) is 18.6 Å². The van der Waals surface area contributed by atoms with Crippen molar-refractivity contribution in [3.8, 4) is 5.75 Å². The van der Waals surface area contributed by atoms with Gasteiger partial charge in [0.2, 0.25) is 0 Å². The number of hydrogen-bond donors (Lipinski definition) is 1. The topological polar surface area (TPSA) is 29.5 Å².